The molecule has 0 radical (unpaired) electrons. The van der Waals surface area contributed by atoms with Crippen molar-refractivity contribution in [1.29, 1.82) is 0 Å². The predicted molar refractivity (Wildman–Crippen MR) is 388 cm³/mol. The fraction of sp³-hybridized carbons (Fsp3) is 0.247. The van der Waals surface area contributed by atoms with Gasteiger partial charge in [-0.1, -0.05) is 149 Å². The molecule has 1 aliphatic heterocycles. The second kappa shape index (κ2) is 37.9. The monoisotopic (exact) mass is 1410 g/mol. The van der Waals surface area contributed by atoms with Crippen LogP contribution in [-0.4, -0.2) is 57.4 Å². The maximum Gasteiger partial charge on any atom is 0.511 e. The van der Waals surface area contributed by atoms with Crippen molar-refractivity contribution in [2.45, 2.75) is 157 Å². The number of carbonyl (C=O) groups excluding carboxylic acids is 1. The summed E-state index contributed by atoms with van der Waals surface area (Å²) >= 11 is 0. The Kier molecular flexibility index (Phi) is 29.1. The van der Waals surface area contributed by atoms with E-state index < -0.39 is 32.0 Å². The first-order valence-electron chi connectivity index (χ1n) is 32.8. The molecule has 0 spiro atoms. The van der Waals surface area contributed by atoms with Crippen LogP contribution in [-0.2, 0) is 69.5 Å². The van der Waals surface area contributed by atoms with Crippen molar-refractivity contribution in [2.75, 3.05) is 13.4 Å². The molecule has 11 rings (SSSR count). The predicted octanol–water partition coefficient (Wildman–Crippen LogP) is 19.1. The molecule has 518 valence electrons. The van der Waals surface area contributed by atoms with Gasteiger partial charge in [-0.05, 0) is 226 Å². The van der Waals surface area contributed by atoms with Crippen LogP contribution in [0.15, 0.2) is 306 Å². The van der Waals surface area contributed by atoms with E-state index >= 15 is 0 Å². The molecule has 18 heteroatoms. The molecule has 10 aromatic carbocycles. The lowest BCUT2D eigenvalue weighted by molar-refractivity contribution is -0.105. The molecular weight excluding hydrogens is 1330 g/mol. The minimum Gasteiger partial charge on any atom is -0.744 e. The van der Waals surface area contributed by atoms with Crippen molar-refractivity contribution in [3.63, 3.8) is 0 Å². The van der Waals surface area contributed by atoms with Gasteiger partial charge in [0.05, 0.1) is 38.2 Å². The molecule has 10 aromatic rings. The Morgan fingerprint density at radius 1 is 0.455 bits per heavy atom. The first kappa shape index (κ1) is 75.9. The highest BCUT2D eigenvalue weighted by Gasteiger charge is 2.30. The first-order valence-corrected chi connectivity index (χ1v) is 38.1. The summed E-state index contributed by atoms with van der Waals surface area (Å²) in [5, 5.41) is 0. The van der Waals surface area contributed by atoms with Gasteiger partial charge in [-0.15, -0.1) is 0 Å². The summed E-state index contributed by atoms with van der Waals surface area (Å²) in [4.78, 5) is 18.7. The SMILES string of the molecule is CC(C)(C)OC(=O)OCOc1ccc([S+](c2ccccc2)c2ccccc2)cc1.CCC(C)c1ccc(COc2ccc(S(=O)(=O)[O-])cc2)cc1.CCC(C)c1ccc(COc2ccc(S(=O)(=O)[O-])cc2)cc1.c1ccc([S+](c2ccccc2)c2ccc(OC3CCCCO3)cc2)cc1. The molecule has 0 amide bonds. The Morgan fingerprint density at radius 2 is 0.788 bits per heavy atom. The highest BCUT2D eigenvalue weighted by molar-refractivity contribution is 7.97. The van der Waals surface area contributed by atoms with Crippen molar-refractivity contribution in [3.8, 4) is 23.0 Å². The van der Waals surface area contributed by atoms with Gasteiger partial charge in [-0.3, -0.25) is 0 Å². The summed E-state index contributed by atoms with van der Waals surface area (Å²) in [6, 6.07) is 86.1. The van der Waals surface area contributed by atoms with Gasteiger partial charge in [0, 0.05) is 6.42 Å². The third-order valence-electron chi connectivity index (χ3n) is 15.6. The van der Waals surface area contributed by atoms with Gasteiger partial charge < -0.3 is 42.3 Å². The van der Waals surface area contributed by atoms with Gasteiger partial charge in [0.1, 0.15) is 62.0 Å². The van der Waals surface area contributed by atoms with Crippen LogP contribution >= 0.6 is 0 Å². The van der Waals surface area contributed by atoms with Crippen molar-refractivity contribution < 1.29 is 63.9 Å². The number of hydrogen-bond acceptors (Lipinski definition) is 14. The lowest BCUT2D eigenvalue weighted by Gasteiger charge is -2.23. The Balaban J connectivity index is 0.000000169. The van der Waals surface area contributed by atoms with E-state index in [1.807, 2.05) is 60.7 Å². The maximum atomic E-state index is 11.6. The van der Waals surface area contributed by atoms with Crippen molar-refractivity contribution in [2.24, 2.45) is 0 Å². The first-order chi connectivity index (χ1) is 47.6. The summed E-state index contributed by atoms with van der Waals surface area (Å²) in [7, 11) is -9.14. The van der Waals surface area contributed by atoms with E-state index in [4.69, 9.17) is 33.2 Å². The fourth-order valence-electron chi connectivity index (χ4n) is 9.84. The molecule has 0 saturated carbocycles. The zero-order valence-electron chi connectivity index (χ0n) is 56.8. The molecule has 99 heavy (non-hydrogen) atoms. The highest BCUT2D eigenvalue weighted by atomic mass is 32.2. The third-order valence-corrected chi connectivity index (χ3v) is 21.8. The molecule has 1 saturated heterocycles. The second-order valence-electron chi connectivity index (χ2n) is 24.1. The van der Waals surface area contributed by atoms with Gasteiger partial charge >= 0.3 is 6.16 Å². The van der Waals surface area contributed by atoms with Gasteiger partial charge in [0.25, 0.3) is 0 Å². The van der Waals surface area contributed by atoms with E-state index in [2.05, 4.69) is 185 Å². The normalized spacial score (nSPS) is 13.5. The zero-order valence-corrected chi connectivity index (χ0v) is 60.1. The Labute approximate surface area is 590 Å². The third kappa shape index (κ3) is 25.1. The van der Waals surface area contributed by atoms with Crippen LogP contribution in [0, 0.1) is 0 Å². The van der Waals surface area contributed by atoms with Gasteiger partial charge in [-0.25, -0.2) is 21.6 Å². The zero-order chi connectivity index (χ0) is 70.6. The molecule has 1 aliphatic rings. The molecule has 0 aliphatic carbocycles. The van der Waals surface area contributed by atoms with Crippen molar-refractivity contribution in [1.82, 2.24) is 0 Å². The Hall–Kier alpha value is -8.85. The lowest BCUT2D eigenvalue weighted by atomic mass is 9.98. The van der Waals surface area contributed by atoms with Crippen LogP contribution in [0.4, 0.5) is 4.79 Å². The van der Waals surface area contributed by atoms with Crippen LogP contribution in [0.25, 0.3) is 0 Å². The van der Waals surface area contributed by atoms with Crippen LogP contribution in [0.1, 0.15) is 115 Å². The Bertz CT molecular complexity index is 4010. The van der Waals surface area contributed by atoms with E-state index in [0.717, 1.165) is 49.2 Å². The van der Waals surface area contributed by atoms with E-state index in [0.29, 0.717) is 42.3 Å². The van der Waals surface area contributed by atoms with Gasteiger partial charge in [0.2, 0.25) is 6.79 Å². The van der Waals surface area contributed by atoms with Crippen LogP contribution in [0.2, 0.25) is 0 Å². The second-order valence-corrected chi connectivity index (χ2v) is 30.9. The van der Waals surface area contributed by atoms with E-state index in [1.54, 1.807) is 20.8 Å². The number of carbonyl (C=O) groups is 1. The number of rotatable bonds is 23. The van der Waals surface area contributed by atoms with Gasteiger partial charge in [0.15, 0.2) is 35.7 Å². The summed E-state index contributed by atoms with van der Waals surface area (Å²) in [5.74, 6) is 3.64. The quantitative estimate of drug-likeness (QED) is 0.0254. The molecule has 3 atom stereocenters. The molecule has 3 unspecified atom stereocenters. The fourth-order valence-corrected chi connectivity index (χ4v) is 15.0. The van der Waals surface area contributed by atoms with Crippen molar-refractivity contribution >= 4 is 48.2 Å². The summed E-state index contributed by atoms with van der Waals surface area (Å²) in [6.07, 6.45) is 4.64. The number of ether oxygens (including phenoxy) is 7. The van der Waals surface area contributed by atoms with Gasteiger partial charge in [-0.2, -0.15) is 0 Å². The molecule has 0 bridgehead atoms. The minimum atomic E-state index is -4.41. The summed E-state index contributed by atoms with van der Waals surface area (Å²) in [5.41, 5.74) is 4.08. The lowest BCUT2D eigenvalue weighted by Crippen LogP contribution is -2.25. The average Bonchev–Trinajstić information content (AvgIpc) is 0.825. The molecule has 1 heterocycles. The van der Waals surface area contributed by atoms with Crippen LogP contribution < -0.4 is 18.9 Å². The standard InChI is InChI=1S/C24H25O4S.C23H23O2S.2C17H20O4S/c1-24(2,3)28-23(25)27-18-26-19-14-16-22(17-15-19)29(20-10-6-4-7-11-20)21-12-8-5-9-13-21;1-3-9-20(10-4-1)26(21-11-5-2-6-12-21)22-16-14-19(15-17-22)25-23-13-7-8-18-24-23;2*1-3-13(2)15-6-4-14(5-7-15)12-21-16-8-10-17(11-9-16)22(18,19)20/h4-17H,18H2,1-3H3;1-6,9-12,14-17,23H,7-8,13,18H2;2*4-11,13H,3,12H2,1-2H3,(H,18,19,20)/q2*+1;;/p-2. The smallest absolute Gasteiger partial charge is 0.511 e. The minimum absolute atomic E-state index is 0.101. The van der Waals surface area contributed by atoms with E-state index in [9.17, 15) is 30.7 Å². The molecule has 0 aromatic heterocycles. The topological polar surface area (TPSA) is 196 Å². The molecule has 14 nitrogen and oxygen atoms in total. The van der Waals surface area contributed by atoms with E-state index in [-0.39, 0.29) is 44.7 Å². The largest absolute Gasteiger partial charge is 0.744 e. The molecule has 0 N–H and O–H groups in total. The summed E-state index contributed by atoms with van der Waals surface area (Å²) in [6.45, 7) is 15.4. The highest BCUT2D eigenvalue weighted by Crippen LogP contribution is 2.35. The van der Waals surface area contributed by atoms with Crippen LogP contribution in [0.3, 0.4) is 0 Å². The summed E-state index contributed by atoms with van der Waals surface area (Å²) < 4.78 is 103. The maximum absolute atomic E-state index is 11.6. The molecule has 1 fully saturated rings. The number of benzene rings is 10. The van der Waals surface area contributed by atoms with Crippen LogP contribution in [0.5, 0.6) is 23.0 Å². The number of hydrogen-bond donors (Lipinski definition) is 0. The average molecular weight is 1410 g/mol. The Morgan fingerprint density at radius 3 is 1.11 bits per heavy atom. The molecular formula is C81H86O14S4. The van der Waals surface area contributed by atoms with E-state index in [1.165, 1.54) is 95.5 Å². The van der Waals surface area contributed by atoms with Crippen molar-refractivity contribution in [3.05, 3.63) is 289 Å².